The van der Waals surface area contributed by atoms with Gasteiger partial charge in [-0.2, -0.15) is 0 Å². The van der Waals surface area contributed by atoms with Crippen molar-refractivity contribution in [2.45, 2.75) is 12.5 Å². The molecule has 4 heteroatoms. The topological polar surface area (TPSA) is 52.3 Å². The third kappa shape index (κ3) is 4.01. The maximum absolute atomic E-state index is 11.0. The van der Waals surface area contributed by atoms with E-state index < -0.39 is 6.04 Å². The molecule has 0 unspecified atom stereocenters. The van der Waals surface area contributed by atoms with Gasteiger partial charge in [-0.1, -0.05) is 30.3 Å². The van der Waals surface area contributed by atoms with Crippen LogP contribution >= 0.6 is 0 Å². The van der Waals surface area contributed by atoms with Gasteiger partial charge >= 0.3 is 5.97 Å². The molecule has 0 heterocycles. The van der Waals surface area contributed by atoms with E-state index in [0.717, 1.165) is 5.56 Å². The third-order valence-electron chi connectivity index (χ3n) is 1.80. The Hall–Kier alpha value is -0.688. The summed E-state index contributed by atoms with van der Waals surface area (Å²) in [6, 6.07) is 9.06. The van der Waals surface area contributed by atoms with E-state index in [9.17, 15) is 4.79 Å². The molecule has 14 heavy (non-hydrogen) atoms. The molecule has 3 nitrogen and oxygen atoms in total. The monoisotopic (exact) mass is 285 g/mol. The van der Waals surface area contributed by atoms with Crippen LogP contribution in [0.4, 0.5) is 0 Å². The number of nitrogens with two attached hydrogens (primary N) is 1. The van der Waals surface area contributed by atoms with Crippen molar-refractivity contribution in [3.05, 3.63) is 35.9 Å². The molecular weight excluding hydrogens is 273 g/mol. The summed E-state index contributed by atoms with van der Waals surface area (Å²) in [4.78, 5) is 11.0. The summed E-state index contributed by atoms with van der Waals surface area (Å²) in [6.45, 7) is 0. The zero-order valence-corrected chi connectivity index (χ0v) is 9.44. The molecule has 1 rings (SSSR count). The number of carbonyl (C=O) groups is 1. The van der Waals surface area contributed by atoms with E-state index >= 15 is 0 Å². The number of hydrogen-bond donors (Lipinski definition) is 1. The van der Waals surface area contributed by atoms with Gasteiger partial charge in [-0.05, 0) is 12.0 Å². The molecule has 0 saturated heterocycles. The van der Waals surface area contributed by atoms with Gasteiger partial charge in [0.25, 0.3) is 0 Å². The number of esters is 1. The van der Waals surface area contributed by atoms with Gasteiger partial charge in [0, 0.05) is 20.4 Å². The molecule has 1 aromatic carbocycles. The second-order valence-corrected chi connectivity index (χ2v) is 2.82. The summed E-state index contributed by atoms with van der Waals surface area (Å²) in [7, 11) is 1.34. The molecule has 0 aliphatic rings. The fraction of sp³-hybridized carbons (Fsp3) is 0.300. The van der Waals surface area contributed by atoms with Crippen LogP contribution < -0.4 is 5.73 Å². The maximum atomic E-state index is 11.0. The second kappa shape index (κ2) is 6.72. The summed E-state index contributed by atoms with van der Waals surface area (Å²) in [5, 5.41) is 0. The van der Waals surface area contributed by atoms with Gasteiger partial charge in [0.15, 0.2) is 0 Å². The predicted molar refractivity (Wildman–Crippen MR) is 50.1 cm³/mol. The van der Waals surface area contributed by atoms with E-state index in [-0.39, 0.29) is 26.4 Å². The van der Waals surface area contributed by atoms with E-state index in [2.05, 4.69) is 4.74 Å². The predicted octanol–water partition coefficient (Wildman–Crippen LogP) is 0.727. The van der Waals surface area contributed by atoms with Crippen molar-refractivity contribution < 1.29 is 30.0 Å². The Labute approximate surface area is 97.3 Å². The number of benzene rings is 1. The quantitative estimate of drug-likeness (QED) is 0.658. The zero-order chi connectivity index (χ0) is 9.68. The molecule has 0 bridgehead atoms. The standard InChI is InChI=1S/C10H13NO2.Pd/c1-13-10(12)9(11)7-8-5-3-2-4-6-8;/h2-6,9H,7,11H2,1H3;/t9-;/m0./s1. The van der Waals surface area contributed by atoms with Crippen LogP contribution in [0.2, 0.25) is 0 Å². The van der Waals surface area contributed by atoms with E-state index in [4.69, 9.17) is 5.73 Å². The molecule has 0 aliphatic carbocycles. The molecule has 0 aromatic heterocycles. The Morgan fingerprint density at radius 2 is 2.00 bits per heavy atom. The van der Waals surface area contributed by atoms with Gasteiger partial charge in [0.05, 0.1) is 7.11 Å². The van der Waals surface area contributed by atoms with Crippen LogP contribution in [0.15, 0.2) is 30.3 Å². The average molecular weight is 286 g/mol. The normalized spacial score (nSPS) is 11.3. The fourth-order valence-corrected chi connectivity index (χ4v) is 1.10. The number of hydrogen-bond acceptors (Lipinski definition) is 3. The SMILES string of the molecule is COC(=O)[C@@H](N)Cc1ccccc1.[Pd]. The summed E-state index contributed by atoms with van der Waals surface area (Å²) in [5.41, 5.74) is 6.63. The van der Waals surface area contributed by atoms with Gasteiger partial charge < -0.3 is 10.5 Å². The number of rotatable bonds is 3. The molecule has 2 N–H and O–H groups in total. The minimum absolute atomic E-state index is 0. The zero-order valence-electron chi connectivity index (χ0n) is 7.88. The Bertz CT molecular complexity index is 277. The first-order valence-electron chi connectivity index (χ1n) is 4.11. The van der Waals surface area contributed by atoms with Crippen LogP contribution in [0.1, 0.15) is 5.56 Å². The average Bonchev–Trinajstić information content (AvgIpc) is 2.18. The smallest absolute Gasteiger partial charge is 0.322 e. The first-order valence-corrected chi connectivity index (χ1v) is 4.11. The molecule has 1 atom stereocenters. The molecule has 0 radical (unpaired) electrons. The van der Waals surface area contributed by atoms with Crippen molar-refractivity contribution in [2.24, 2.45) is 5.73 Å². The fourth-order valence-electron chi connectivity index (χ4n) is 1.10. The van der Waals surface area contributed by atoms with Gasteiger partial charge in [0.2, 0.25) is 0 Å². The van der Waals surface area contributed by atoms with Gasteiger partial charge in [-0.15, -0.1) is 0 Å². The van der Waals surface area contributed by atoms with Crippen molar-refractivity contribution in [2.75, 3.05) is 7.11 Å². The number of carbonyl (C=O) groups excluding carboxylic acids is 1. The van der Waals surface area contributed by atoms with Crippen LogP contribution in [0.3, 0.4) is 0 Å². The van der Waals surface area contributed by atoms with E-state index in [1.165, 1.54) is 7.11 Å². The molecule has 0 amide bonds. The van der Waals surface area contributed by atoms with Crippen LogP contribution in [-0.2, 0) is 36.4 Å². The van der Waals surface area contributed by atoms with Crippen molar-refractivity contribution in [1.82, 2.24) is 0 Å². The molecular formula is C10H13NO2Pd. The molecule has 0 fully saturated rings. The molecule has 1 aromatic rings. The Kier molecular flexibility index (Phi) is 6.39. The second-order valence-electron chi connectivity index (χ2n) is 2.82. The minimum Gasteiger partial charge on any atom is -0.468 e. The summed E-state index contributed by atoms with van der Waals surface area (Å²) >= 11 is 0. The molecule has 0 aliphatic heterocycles. The van der Waals surface area contributed by atoms with E-state index in [1.54, 1.807) is 0 Å². The number of methoxy groups -OCH3 is 1. The first kappa shape index (κ1) is 13.3. The first-order chi connectivity index (χ1) is 6.24. The largest absolute Gasteiger partial charge is 0.468 e. The Morgan fingerprint density at radius 3 is 2.50 bits per heavy atom. The van der Waals surface area contributed by atoms with Gasteiger partial charge in [0.1, 0.15) is 6.04 Å². The minimum atomic E-state index is -0.563. The van der Waals surface area contributed by atoms with Gasteiger partial charge in [-0.3, -0.25) is 4.79 Å². The van der Waals surface area contributed by atoms with Crippen molar-refractivity contribution >= 4 is 5.97 Å². The van der Waals surface area contributed by atoms with Crippen LogP contribution in [0, 0.1) is 0 Å². The van der Waals surface area contributed by atoms with Crippen molar-refractivity contribution in [3.8, 4) is 0 Å². The number of ether oxygens (including phenoxy) is 1. The molecule has 0 saturated carbocycles. The summed E-state index contributed by atoms with van der Waals surface area (Å²) < 4.78 is 4.52. The Morgan fingerprint density at radius 1 is 1.43 bits per heavy atom. The van der Waals surface area contributed by atoms with E-state index in [1.807, 2.05) is 30.3 Å². The molecule has 80 valence electrons. The summed E-state index contributed by atoms with van der Waals surface area (Å²) in [5.74, 6) is -0.371. The third-order valence-corrected chi connectivity index (χ3v) is 1.80. The van der Waals surface area contributed by atoms with Crippen molar-refractivity contribution in [1.29, 1.82) is 0 Å². The van der Waals surface area contributed by atoms with Crippen LogP contribution in [-0.4, -0.2) is 19.1 Å². The maximum Gasteiger partial charge on any atom is 0.322 e. The van der Waals surface area contributed by atoms with Crippen molar-refractivity contribution in [3.63, 3.8) is 0 Å². The van der Waals surface area contributed by atoms with Gasteiger partial charge in [-0.25, -0.2) is 0 Å². The van der Waals surface area contributed by atoms with Crippen LogP contribution in [0.5, 0.6) is 0 Å². The van der Waals surface area contributed by atoms with Crippen LogP contribution in [0.25, 0.3) is 0 Å². The van der Waals surface area contributed by atoms with E-state index in [0.29, 0.717) is 6.42 Å². The Balaban J connectivity index is 0.00000169. The molecule has 0 spiro atoms. The summed E-state index contributed by atoms with van der Waals surface area (Å²) in [6.07, 6.45) is 0.521.